The lowest BCUT2D eigenvalue weighted by Crippen LogP contribution is -2.28. The Labute approximate surface area is 147 Å². The largest absolute Gasteiger partial charge is 0.449 e. The first-order valence-corrected chi connectivity index (χ1v) is 8.15. The van der Waals surface area contributed by atoms with Crippen LogP contribution in [-0.2, 0) is 19.1 Å². The van der Waals surface area contributed by atoms with Crippen molar-refractivity contribution in [3.63, 3.8) is 0 Å². The topological polar surface area (TPSA) is 59.8 Å². The summed E-state index contributed by atoms with van der Waals surface area (Å²) in [6.45, 7) is 1.96. The third kappa shape index (κ3) is 3.68. The second-order valence-corrected chi connectivity index (χ2v) is 5.74. The van der Waals surface area contributed by atoms with Crippen molar-refractivity contribution in [3.8, 4) is 0 Å². The Kier molecular flexibility index (Phi) is 4.92. The predicted octanol–water partition coefficient (Wildman–Crippen LogP) is 3.44. The van der Waals surface area contributed by atoms with Crippen LogP contribution in [0.2, 0.25) is 0 Å². The van der Waals surface area contributed by atoms with Crippen molar-refractivity contribution in [2.24, 2.45) is 0 Å². The first kappa shape index (κ1) is 17.9. The van der Waals surface area contributed by atoms with Gasteiger partial charge in [0.2, 0.25) is 5.82 Å². The summed E-state index contributed by atoms with van der Waals surface area (Å²) in [4.78, 5) is 19.7. The Morgan fingerprint density at radius 1 is 1.19 bits per heavy atom. The van der Waals surface area contributed by atoms with Gasteiger partial charge in [0.1, 0.15) is 5.52 Å². The number of imidazole rings is 1. The van der Waals surface area contributed by atoms with Crippen LogP contribution in [0.25, 0.3) is 11.2 Å². The summed E-state index contributed by atoms with van der Waals surface area (Å²) in [7, 11) is 0. The minimum atomic E-state index is -4.60. The van der Waals surface area contributed by atoms with E-state index in [0.717, 1.165) is 16.6 Å². The van der Waals surface area contributed by atoms with E-state index in [1.54, 1.807) is 12.1 Å². The molecule has 3 aromatic rings. The van der Waals surface area contributed by atoms with E-state index in [2.05, 4.69) is 15.3 Å². The van der Waals surface area contributed by atoms with E-state index in [4.69, 9.17) is 0 Å². The number of halogens is 3. The first-order chi connectivity index (χ1) is 12.4. The standard InChI is InChI=1S/C18H17F3N4O/c1-2-12-5-7-13(8-6-12)16(26)23-10-11-25-15-14(4-3-9-22-15)24-17(25)18(19,20)21/h3-9H,2,10-11H2,1H3,(H,23,26). The minimum absolute atomic E-state index is 0.0273. The molecule has 0 radical (unpaired) electrons. The first-order valence-electron chi connectivity index (χ1n) is 8.15. The number of benzene rings is 1. The van der Waals surface area contributed by atoms with Gasteiger partial charge < -0.3 is 9.88 Å². The zero-order chi connectivity index (χ0) is 18.7. The van der Waals surface area contributed by atoms with E-state index in [1.807, 2.05) is 19.1 Å². The zero-order valence-electron chi connectivity index (χ0n) is 14.0. The summed E-state index contributed by atoms with van der Waals surface area (Å²) in [5.74, 6) is -1.36. The fraction of sp³-hybridized carbons (Fsp3) is 0.278. The fourth-order valence-corrected chi connectivity index (χ4v) is 2.66. The van der Waals surface area contributed by atoms with Crippen molar-refractivity contribution in [1.29, 1.82) is 0 Å². The molecule has 1 amide bonds. The van der Waals surface area contributed by atoms with Gasteiger partial charge >= 0.3 is 6.18 Å². The molecule has 2 aromatic heterocycles. The molecule has 0 aliphatic carbocycles. The Balaban J connectivity index is 1.74. The van der Waals surface area contributed by atoms with Gasteiger partial charge in [0.25, 0.3) is 5.91 Å². The van der Waals surface area contributed by atoms with E-state index in [0.29, 0.717) is 5.56 Å². The number of pyridine rings is 1. The van der Waals surface area contributed by atoms with E-state index in [1.165, 1.54) is 18.3 Å². The number of hydrogen-bond acceptors (Lipinski definition) is 3. The molecule has 0 bridgehead atoms. The molecule has 0 atom stereocenters. The second kappa shape index (κ2) is 7.15. The molecular formula is C18H17F3N4O. The van der Waals surface area contributed by atoms with Gasteiger partial charge in [0.15, 0.2) is 5.65 Å². The molecule has 5 nitrogen and oxygen atoms in total. The number of alkyl halides is 3. The Bertz CT molecular complexity index is 916. The molecule has 1 aromatic carbocycles. The monoisotopic (exact) mass is 362 g/mol. The van der Waals surface area contributed by atoms with Gasteiger partial charge in [-0.15, -0.1) is 0 Å². The van der Waals surface area contributed by atoms with Crippen molar-refractivity contribution in [3.05, 3.63) is 59.5 Å². The number of fused-ring (bicyclic) bond motifs is 1. The van der Waals surface area contributed by atoms with Gasteiger partial charge in [-0.05, 0) is 36.2 Å². The van der Waals surface area contributed by atoms with Gasteiger partial charge in [0.05, 0.1) is 0 Å². The van der Waals surface area contributed by atoms with Crippen LogP contribution in [0.4, 0.5) is 13.2 Å². The van der Waals surface area contributed by atoms with Gasteiger partial charge in [-0.25, -0.2) is 9.97 Å². The molecule has 8 heteroatoms. The summed E-state index contributed by atoms with van der Waals surface area (Å²) in [6.07, 6.45) is -2.32. The maximum absolute atomic E-state index is 13.2. The SMILES string of the molecule is CCc1ccc(C(=O)NCCn2c(C(F)(F)F)nc3cccnc32)cc1. The Morgan fingerprint density at radius 2 is 1.92 bits per heavy atom. The normalized spacial score (nSPS) is 11.7. The quantitative estimate of drug-likeness (QED) is 0.756. The highest BCUT2D eigenvalue weighted by molar-refractivity contribution is 5.94. The highest BCUT2D eigenvalue weighted by atomic mass is 19.4. The molecule has 0 saturated carbocycles. The van der Waals surface area contributed by atoms with Gasteiger partial charge in [0, 0.05) is 24.8 Å². The van der Waals surface area contributed by atoms with Gasteiger partial charge in [-0.2, -0.15) is 13.2 Å². The maximum atomic E-state index is 13.2. The predicted molar refractivity (Wildman–Crippen MR) is 90.7 cm³/mol. The Morgan fingerprint density at radius 3 is 2.58 bits per heavy atom. The minimum Gasteiger partial charge on any atom is -0.350 e. The number of aromatic nitrogens is 3. The summed E-state index contributed by atoms with van der Waals surface area (Å²) < 4.78 is 40.6. The van der Waals surface area contributed by atoms with Crippen LogP contribution in [0.15, 0.2) is 42.6 Å². The molecule has 0 aliphatic heterocycles. The number of rotatable bonds is 5. The molecule has 136 valence electrons. The lowest BCUT2D eigenvalue weighted by atomic mass is 10.1. The van der Waals surface area contributed by atoms with Gasteiger partial charge in [-0.3, -0.25) is 4.79 Å². The van der Waals surface area contributed by atoms with Crippen LogP contribution in [0.5, 0.6) is 0 Å². The Hall–Kier alpha value is -2.90. The second-order valence-electron chi connectivity index (χ2n) is 5.74. The molecule has 2 heterocycles. The van der Waals surface area contributed by atoms with Gasteiger partial charge in [-0.1, -0.05) is 19.1 Å². The summed E-state index contributed by atoms with van der Waals surface area (Å²) in [5.41, 5.74) is 1.88. The zero-order valence-corrected chi connectivity index (χ0v) is 14.0. The van der Waals surface area contributed by atoms with Crippen molar-refractivity contribution in [1.82, 2.24) is 19.9 Å². The molecule has 0 fully saturated rings. The van der Waals surface area contributed by atoms with E-state index in [9.17, 15) is 18.0 Å². The van der Waals surface area contributed by atoms with Crippen LogP contribution in [0, 0.1) is 0 Å². The molecule has 0 aliphatic rings. The summed E-state index contributed by atoms with van der Waals surface area (Å²) in [5, 5.41) is 2.64. The summed E-state index contributed by atoms with van der Waals surface area (Å²) >= 11 is 0. The number of nitrogens with one attached hydrogen (secondary N) is 1. The molecule has 0 saturated heterocycles. The van der Waals surface area contributed by atoms with Crippen molar-refractivity contribution < 1.29 is 18.0 Å². The lowest BCUT2D eigenvalue weighted by Gasteiger charge is -2.11. The average molecular weight is 362 g/mol. The number of aryl methyl sites for hydroxylation is 1. The highest BCUT2D eigenvalue weighted by Gasteiger charge is 2.37. The van der Waals surface area contributed by atoms with Crippen molar-refractivity contribution in [2.45, 2.75) is 26.1 Å². The van der Waals surface area contributed by atoms with Crippen molar-refractivity contribution in [2.75, 3.05) is 6.54 Å². The fourth-order valence-electron chi connectivity index (χ4n) is 2.66. The molecule has 3 rings (SSSR count). The van der Waals surface area contributed by atoms with Crippen LogP contribution in [0.1, 0.15) is 28.7 Å². The lowest BCUT2D eigenvalue weighted by molar-refractivity contribution is -0.146. The van der Waals surface area contributed by atoms with Crippen LogP contribution in [0.3, 0.4) is 0 Å². The number of nitrogens with zero attached hydrogens (tertiary/aromatic N) is 3. The smallest absolute Gasteiger partial charge is 0.350 e. The van der Waals surface area contributed by atoms with Crippen LogP contribution >= 0.6 is 0 Å². The maximum Gasteiger partial charge on any atom is 0.449 e. The average Bonchev–Trinajstić information content (AvgIpc) is 3.01. The van der Waals surface area contributed by atoms with E-state index >= 15 is 0 Å². The number of amides is 1. The molecule has 0 unspecified atom stereocenters. The molecule has 26 heavy (non-hydrogen) atoms. The third-order valence-corrected chi connectivity index (χ3v) is 4.00. The van der Waals surface area contributed by atoms with E-state index < -0.39 is 12.0 Å². The van der Waals surface area contributed by atoms with Crippen molar-refractivity contribution >= 4 is 17.1 Å². The molecule has 1 N–H and O–H groups in total. The number of hydrogen-bond donors (Lipinski definition) is 1. The number of carbonyl (C=O) groups excluding carboxylic acids is 1. The van der Waals surface area contributed by atoms with Crippen LogP contribution < -0.4 is 5.32 Å². The number of carbonyl (C=O) groups is 1. The summed E-state index contributed by atoms with van der Waals surface area (Å²) in [6, 6.07) is 10.1. The highest BCUT2D eigenvalue weighted by Crippen LogP contribution is 2.30. The molecular weight excluding hydrogens is 345 g/mol. The van der Waals surface area contributed by atoms with Crippen LogP contribution in [-0.4, -0.2) is 27.0 Å². The third-order valence-electron chi connectivity index (χ3n) is 4.00. The molecule has 0 spiro atoms. The van der Waals surface area contributed by atoms with E-state index in [-0.39, 0.29) is 30.2 Å².